The first-order valence-electron chi connectivity index (χ1n) is 11.6. The van der Waals surface area contributed by atoms with Crippen LogP contribution in [0.5, 0.6) is 0 Å². The van der Waals surface area contributed by atoms with Crippen LogP contribution in [-0.4, -0.2) is 27.4 Å². The minimum atomic E-state index is -0.0908. The van der Waals surface area contributed by atoms with Crippen LogP contribution in [0.2, 0.25) is 0 Å². The maximum atomic E-state index is 12.9. The van der Waals surface area contributed by atoms with Crippen molar-refractivity contribution in [2.45, 2.75) is 45.4 Å². The van der Waals surface area contributed by atoms with Gasteiger partial charge in [0, 0.05) is 35.5 Å². The normalized spacial score (nSPS) is 19.2. The molecule has 0 fully saturated rings. The fourth-order valence-corrected chi connectivity index (χ4v) is 5.35. The van der Waals surface area contributed by atoms with Crippen LogP contribution in [0.3, 0.4) is 0 Å². The van der Waals surface area contributed by atoms with E-state index in [2.05, 4.69) is 65.3 Å². The molecule has 5 nitrogen and oxygen atoms in total. The van der Waals surface area contributed by atoms with E-state index in [1.807, 2.05) is 36.7 Å². The fraction of sp³-hybridized carbons (Fsp3) is 0.321. The smallest absolute Gasteiger partial charge is 0.251 e. The summed E-state index contributed by atoms with van der Waals surface area (Å²) in [6, 6.07) is 16.4. The zero-order chi connectivity index (χ0) is 23.1. The van der Waals surface area contributed by atoms with Crippen LogP contribution in [0.25, 0.3) is 22.2 Å². The summed E-state index contributed by atoms with van der Waals surface area (Å²) in [6.45, 7) is 7.71. The second kappa shape index (κ2) is 8.14. The molecule has 1 atom stereocenters. The van der Waals surface area contributed by atoms with Crippen LogP contribution in [0.4, 0.5) is 0 Å². The van der Waals surface area contributed by atoms with Gasteiger partial charge in [0.15, 0.2) is 0 Å². The molecule has 5 rings (SSSR count). The van der Waals surface area contributed by atoms with E-state index >= 15 is 0 Å². The highest BCUT2D eigenvalue weighted by Crippen LogP contribution is 2.54. The Hall–Kier alpha value is -3.47. The zero-order valence-corrected chi connectivity index (χ0v) is 19.5. The maximum Gasteiger partial charge on any atom is 0.251 e. The molecule has 1 unspecified atom stereocenters. The standard InChI is InChI=1S/C28H30N4O/c1-27(2)12-11-19-6-4-8-22(21-7-5-14-29-17-21)25(19)28(27,3)13-15-30-26(33)20-9-10-23-24(16-20)32-18-31-23/h4-10,14,16-18H,11-13,15H2,1-3H3,(H,30,33)(H,31,32). The lowest BCUT2D eigenvalue weighted by molar-refractivity contribution is 0.0932. The molecule has 2 heterocycles. The van der Waals surface area contributed by atoms with Gasteiger partial charge in [-0.05, 0) is 65.6 Å². The highest BCUT2D eigenvalue weighted by molar-refractivity contribution is 5.97. The molecule has 1 amide bonds. The Labute approximate surface area is 194 Å². The van der Waals surface area contributed by atoms with Gasteiger partial charge in [-0.25, -0.2) is 4.98 Å². The molecule has 0 radical (unpaired) electrons. The summed E-state index contributed by atoms with van der Waals surface area (Å²) in [5, 5.41) is 3.17. The van der Waals surface area contributed by atoms with Gasteiger partial charge in [0.25, 0.3) is 5.91 Å². The van der Waals surface area contributed by atoms with E-state index in [0.717, 1.165) is 35.9 Å². The van der Waals surface area contributed by atoms with Crippen molar-refractivity contribution in [3.8, 4) is 11.1 Å². The Balaban J connectivity index is 1.43. The fourth-order valence-electron chi connectivity index (χ4n) is 5.35. The van der Waals surface area contributed by atoms with Gasteiger partial charge in [0.05, 0.1) is 17.4 Å². The Morgan fingerprint density at radius 2 is 2.00 bits per heavy atom. The number of nitrogens with one attached hydrogen (secondary N) is 2. The van der Waals surface area contributed by atoms with E-state index in [1.54, 1.807) is 6.33 Å². The Bertz CT molecular complexity index is 1310. The SMILES string of the molecule is CC1(C)CCc2cccc(-c3cccnc3)c2C1(C)CCNC(=O)c1ccc2[nH]cnc2c1. The second-order valence-electron chi connectivity index (χ2n) is 9.94. The third-order valence-corrected chi connectivity index (χ3v) is 7.78. The predicted molar refractivity (Wildman–Crippen MR) is 132 cm³/mol. The van der Waals surface area contributed by atoms with Crippen LogP contribution >= 0.6 is 0 Å². The molecule has 2 aromatic heterocycles. The van der Waals surface area contributed by atoms with Crippen LogP contribution in [0, 0.1) is 5.41 Å². The summed E-state index contributed by atoms with van der Waals surface area (Å²) >= 11 is 0. The van der Waals surface area contributed by atoms with Crippen molar-refractivity contribution < 1.29 is 4.79 Å². The molecular weight excluding hydrogens is 408 g/mol. The lowest BCUT2D eigenvalue weighted by atomic mass is 9.54. The largest absolute Gasteiger partial charge is 0.352 e. The number of amides is 1. The number of fused-ring (bicyclic) bond motifs is 2. The number of aryl methyl sites for hydroxylation is 1. The second-order valence-corrected chi connectivity index (χ2v) is 9.94. The van der Waals surface area contributed by atoms with E-state index in [9.17, 15) is 4.79 Å². The molecule has 2 aromatic carbocycles. The average molecular weight is 439 g/mol. The predicted octanol–water partition coefficient (Wildman–Crippen LogP) is 5.68. The summed E-state index contributed by atoms with van der Waals surface area (Å²) in [4.78, 5) is 24.6. The lowest BCUT2D eigenvalue weighted by Gasteiger charge is -2.50. The monoisotopic (exact) mass is 438 g/mol. The van der Waals surface area contributed by atoms with Gasteiger partial charge in [0.1, 0.15) is 0 Å². The third-order valence-electron chi connectivity index (χ3n) is 7.78. The van der Waals surface area contributed by atoms with Crippen LogP contribution < -0.4 is 5.32 Å². The Morgan fingerprint density at radius 1 is 1.12 bits per heavy atom. The van der Waals surface area contributed by atoms with Gasteiger partial charge in [-0.15, -0.1) is 0 Å². The topological polar surface area (TPSA) is 70.7 Å². The first kappa shape index (κ1) is 21.4. The number of benzene rings is 2. The van der Waals surface area contributed by atoms with E-state index in [1.165, 1.54) is 16.7 Å². The van der Waals surface area contributed by atoms with E-state index < -0.39 is 0 Å². The summed E-state index contributed by atoms with van der Waals surface area (Å²) in [7, 11) is 0. The first-order chi connectivity index (χ1) is 15.9. The molecule has 1 aliphatic rings. The number of H-pyrrole nitrogens is 1. The number of hydrogen-bond acceptors (Lipinski definition) is 3. The van der Waals surface area contributed by atoms with Gasteiger partial charge in [-0.1, -0.05) is 45.0 Å². The Morgan fingerprint density at radius 3 is 2.82 bits per heavy atom. The molecular formula is C28H30N4O. The number of hydrogen-bond donors (Lipinski definition) is 2. The van der Waals surface area contributed by atoms with Crippen molar-refractivity contribution >= 4 is 16.9 Å². The van der Waals surface area contributed by atoms with Crippen LogP contribution in [0.15, 0.2) is 67.3 Å². The van der Waals surface area contributed by atoms with Crippen molar-refractivity contribution in [3.63, 3.8) is 0 Å². The average Bonchev–Trinajstić information content (AvgIpc) is 3.30. The molecule has 0 spiro atoms. The van der Waals surface area contributed by atoms with Crippen molar-refractivity contribution in [3.05, 3.63) is 83.9 Å². The summed E-state index contributed by atoms with van der Waals surface area (Å²) < 4.78 is 0. The number of carbonyl (C=O) groups is 1. The number of aromatic amines is 1. The molecule has 0 saturated heterocycles. The number of rotatable bonds is 5. The van der Waals surface area contributed by atoms with Crippen molar-refractivity contribution in [2.24, 2.45) is 5.41 Å². The Kier molecular flexibility index (Phi) is 5.28. The first-order valence-corrected chi connectivity index (χ1v) is 11.6. The molecule has 1 aliphatic carbocycles. The minimum Gasteiger partial charge on any atom is -0.352 e. The van der Waals surface area contributed by atoms with Crippen LogP contribution in [0.1, 0.15) is 55.1 Å². The van der Waals surface area contributed by atoms with Gasteiger partial charge in [-0.2, -0.15) is 0 Å². The van der Waals surface area contributed by atoms with Crippen molar-refractivity contribution in [2.75, 3.05) is 6.54 Å². The molecule has 0 aliphatic heterocycles. The third kappa shape index (κ3) is 3.71. The number of carbonyl (C=O) groups excluding carboxylic acids is 1. The summed E-state index contributed by atoms with van der Waals surface area (Å²) in [5.74, 6) is -0.0575. The van der Waals surface area contributed by atoms with Gasteiger partial charge < -0.3 is 10.3 Å². The van der Waals surface area contributed by atoms with E-state index in [4.69, 9.17) is 0 Å². The lowest BCUT2D eigenvalue weighted by Crippen LogP contribution is -2.46. The van der Waals surface area contributed by atoms with Crippen LogP contribution in [-0.2, 0) is 11.8 Å². The van der Waals surface area contributed by atoms with E-state index in [0.29, 0.717) is 12.1 Å². The van der Waals surface area contributed by atoms with E-state index in [-0.39, 0.29) is 16.7 Å². The maximum absolute atomic E-state index is 12.9. The summed E-state index contributed by atoms with van der Waals surface area (Å²) in [6.07, 6.45) is 8.47. The number of aromatic nitrogens is 3. The molecule has 5 heteroatoms. The van der Waals surface area contributed by atoms with Crippen molar-refractivity contribution in [1.82, 2.24) is 20.3 Å². The van der Waals surface area contributed by atoms with Gasteiger partial charge in [0.2, 0.25) is 0 Å². The number of imidazole rings is 1. The molecule has 0 saturated carbocycles. The van der Waals surface area contributed by atoms with Crippen molar-refractivity contribution in [1.29, 1.82) is 0 Å². The van der Waals surface area contributed by atoms with Gasteiger partial charge in [-0.3, -0.25) is 9.78 Å². The highest BCUT2D eigenvalue weighted by atomic mass is 16.1. The number of pyridine rings is 1. The zero-order valence-electron chi connectivity index (χ0n) is 19.5. The van der Waals surface area contributed by atoms with Gasteiger partial charge >= 0.3 is 0 Å². The summed E-state index contributed by atoms with van der Waals surface area (Å²) in [5.41, 5.74) is 7.60. The molecule has 2 N–H and O–H groups in total. The minimum absolute atomic E-state index is 0.0575. The molecule has 4 aromatic rings. The molecule has 168 valence electrons. The number of nitrogens with zero attached hydrogens (tertiary/aromatic N) is 2. The molecule has 33 heavy (non-hydrogen) atoms. The molecule has 0 bridgehead atoms. The highest BCUT2D eigenvalue weighted by Gasteiger charge is 2.46. The quantitative estimate of drug-likeness (QED) is 0.421.